The van der Waals surface area contributed by atoms with Gasteiger partial charge in [-0.05, 0) is 71.4 Å². The molecule has 0 amide bonds. The van der Waals surface area contributed by atoms with Gasteiger partial charge in [0.2, 0.25) is 5.75 Å². The summed E-state index contributed by atoms with van der Waals surface area (Å²) in [6, 6.07) is 2.98. The molecule has 1 aromatic heterocycles. The van der Waals surface area contributed by atoms with Gasteiger partial charge in [-0.2, -0.15) is 0 Å². The average molecular weight is 473 g/mol. The third-order valence-electron chi connectivity index (χ3n) is 8.41. The highest BCUT2D eigenvalue weighted by atomic mass is 16.6. The van der Waals surface area contributed by atoms with E-state index >= 15 is 0 Å². The predicted molar refractivity (Wildman–Crippen MR) is 123 cm³/mol. The minimum atomic E-state index is -0.772. The van der Waals surface area contributed by atoms with E-state index in [4.69, 9.17) is 9.47 Å². The van der Waals surface area contributed by atoms with Crippen LogP contribution < -0.4 is 4.74 Å². The molecular formula is C25H32N2O7. The average Bonchev–Trinajstić information content (AvgIpc) is 3.15. The maximum Gasteiger partial charge on any atom is 0.406 e. The summed E-state index contributed by atoms with van der Waals surface area (Å²) in [5.74, 6) is -0.766. The maximum atomic E-state index is 12.5. The van der Waals surface area contributed by atoms with Crippen LogP contribution in [0.25, 0.3) is 0 Å². The fraction of sp³-hybridized carbons (Fsp3) is 0.600. The highest BCUT2D eigenvalue weighted by Crippen LogP contribution is 2.61. The van der Waals surface area contributed by atoms with Crippen LogP contribution >= 0.6 is 0 Å². The van der Waals surface area contributed by atoms with Crippen LogP contribution in [0.3, 0.4) is 0 Å². The minimum absolute atomic E-state index is 0.0178. The Morgan fingerprint density at radius 3 is 2.88 bits per heavy atom. The largest absolute Gasteiger partial charge is 0.474 e. The molecule has 0 radical (unpaired) electrons. The minimum Gasteiger partial charge on any atom is -0.474 e. The molecule has 0 aromatic carbocycles. The van der Waals surface area contributed by atoms with E-state index in [2.05, 4.69) is 18.5 Å². The number of hydrogen-bond acceptors (Lipinski definition) is 8. The lowest BCUT2D eigenvalue weighted by atomic mass is 9.46. The first-order valence-electron chi connectivity index (χ1n) is 11.7. The van der Waals surface area contributed by atoms with Crippen LogP contribution in [0, 0.1) is 32.8 Å². The molecule has 2 aliphatic carbocycles. The summed E-state index contributed by atoms with van der Waals surface area (Å²) < 4.78 is 11.0. The highest BCUT2D eigenvalue weighted by Gasteiger charge is 2.57. The molecular weight excluding hydrogens is 440 g/mol. The number of aliphatic hydroxyl groups is 2. The summed E-state index contributed by atoms with van der Waals surface area (Å²) in [7, 11) is 0. The zero-order chi connectivity index (χ0) is 24.7. The second-order valence-electron chi connectivity index (χ2n) is 10.2. The van der Waals surface area contributed by atoms with Crippen LogP contribution in [-0.2, 0) is 9.53 Å². The van der Waals surface area contributed by atoms with Crippen molar-refractivity contribution in [2.24, 2.45) is 22.7 Å². The van der Waals surface area contributed by atoms with Gasteiger partial charge < -0.3 is 29.8 Å². The van der Waals surface area contributed by atoms with Gasteiger partial charge in [-0.1, -0.05) is 32.1 Å². The summed E-state index contributed by atoms with van der Waals surface area (Å²) in [6.07, 6.45) is 5.38. The number of aromatic nitrogens is 1. The number of rotatable bonds is 6. The summed E-state index contributed by atoms with van der Waals surface area (Å²) in [4.78, 5) is 26.9. The van der Waals surface area contributed by atoms with E-state index in [9.17, 15) is 25.1 Å². The van der Waals surface area contributed by atoms with Crippen molar-refractivity contribution in [3.05, 3.63) is 52.2 Å². The fourth-order valence-electron chi connectivity index (χ4n) is 6.41. The van der Waals surface area contributed by atoms with E-state index in [0.717, 1.165) is 24.8 Å². The Labute approximate surface area is 198 Å². The maximum absolute atomic E-state index is 12.5. The van der Waals surface area contributed by atoms with Crippen molar-refractivity contribution in [3.63, 3.8) is 0 Å². The summed E-state index contributed by atoms with van der Waals surface area (Å²) in [5, 5.41) is 32.1. The predicted octanol–water partition coefficient (Wildman–Crippen LogP) is 3.35. The van der Waals surface area contributed by atoms with E-state index in [0.29, 0.717) is 18.4 Å². The highest BCUT2D eigenvalue weighted by molar-refractivity contribution is 5.91. The molecule has 6 atom stereocenters. The number of ether oxygens (including phenoxy) is 2. The van der Waals surface area contributed by atoms with E-state index in [1.165, 1.54) is 18.3 Å². The number of carbonyl (C=O) groups is 1. The van der Waals surface area contributed by atoms with Gasteiger partial charge in [0.25, 0.3) is 0 Å². The molecule has 34 heavy (non-hydrogen) atoms. The second-order valence-corrected chi connectivity index (χ2v) is 10.2. The van der Waals surface area contributed by atoms with Crippen molar-refractivity contribution in [2.45, 2.75) is 58.2 Å². The summed E-state index contributed by atoms with van der Waals surface area (Å²) >= 11 is 0. The number of allylic oxidation sites excluding steroid dienone is 2. The van der Waals surface area contributed by atoms with Gasteiger partial charge in [-0.15, -0.1) is 0 Å². The van der Waals surface area contributed by atoms with E-state index in [-0.39, 0.29) is 36.2 Å². The standard InChI is InChI=1S/C25H32N2O7/c1-15-6-9-20-24(2,11-10-21(29)25(20,3)14-28)17(15)8-7-16-19(13-33-23(16)30)34-18-5-4-12-26-22(18)27(31)32/h4-5,7,12,17,19-21,28-29H,1,6,8-11,13-14H2,2-3H3/b16-7+/t17-,19-,20+,21-,24+,25+/m1/s1. The Balaban J connectivity index is 1.59. The van der Waals surface area contributed by atoms with Crippen LogP contribution in [0.1, 0.15) is 46.0 Å². The Kier molecular flexibility index (Phi) is 6.52. The molecule has 3 aliphatic rings. The quantitative estimate of drug-likeness (QED) is 0.212. The number of aliphatic hydroxyl groups excluding tert-OH is 2. The molecule has 9 nitrogen and oxygen atoms in total. The number of nitrogens with zero attached hydrogens (tertiary/aromatic N) is 2. The number of cyclic esters (lactones) is 1. The molecule has 0 spiro atoms. The number of fused-ring (bicyclic) bond motifs is 1. The lowest BCUT2D eigenvalue weighted by Crippen LogP contribution is -2.57. The molecule has 3 fully saturated rings. The smallest absolute Gasteiger partial charge is 0.406 e. The first-order chi connectivity index (χ1) is 16.1. The van der Waals surface area contributed by atoms with Crippen LogP contribution in [0.15, 0.2) is 42.1 Å². The molecule has 0 bridgehead atoms. The van der Waals surface area contributed by atoms with Gasteiger partial charge >= 0.3 is 11.8 Å². The Morgan fingerprint density at radius 2 is 2.18 bits per heavy atom. The van der Waals surface area contributed by atoms with Crippen LogP contribution in [0.2, 0.25) is 0 Å². The summed E-state index contributed by atoms with van der Waals surface area (Å²) in [5.41, 5.74) is 0.650. The molecule has 4 rings (SSSR count). The van der Waals surface area contributed by atoms with E-state index in [1.807, 2.05) is 13.0 Å². The van der Waals surface area contributed by atoms with Crippen molar-refractivity contribution in [2.75, 3.05) is 13.2 Å². The number of pyridine rings is 1. The molecule has 2 heterocycles. The van der Waals surface area contributed by atoms with Crippen molar-refractivity contribution >= 4 is 11.8 Å². The van der Waals surface area contributed by atoms with Gasteiger partial charge in [0, 0.05) is 5.41 Å². The third-order valence-corrected chi connectivity index (χ3v) is 8.41. The number of nitro groups is 1. The van der Waals surface area contributed by atoms with Crippen LogP contribution in [0.4, 0.5) is 5.82 Å². The Morgan fingerprint density at radius 1 is 1.41 bits per heavy atom. The first-order valence-corrected chi connectivity index (χ1v) is 11.7. The zero-order valence-electron chi connectivity index (χ0n) is 19.6. The molecule has 1 aliphatic heterocycles. The van der Waals surface area contributed by atoms with Crippen LogP contribution in [0.5, 0.6) is 5.75 Å². The van der Waals surface area contributed by atoms with Gasteiger partial charge in [0.1, 0.15) is 12.8 Å². The fourth-order valence-corrected chi connectivity index (χ4v) is 6.41. The first kappa shape index (κ1) is 24.3. The molecule has 184 valence electrons. The van der Waals surface area contributed by atoms with Gasteiger partial charge in [0.15, 0.2) is 6.10 Å². The van der Waals surface area contributed by atoms with Crippen LogP contribution in [-0.4, -0.2) is 51.5 Å². The molecule has 9 heteroatoms. The zero-order valence-corrected chi connectivity index (χ0v) is 19.6. The molecule has 2 saturated carbocycles. The lowest BCUT2D eigenvalue weighted by Gasteiger charge is -2.59. The summed E-state index contributed by atoms with van der Waals surface area (Å²) in [6.45, 7) is 8.37. The van der Waals surface area contributed by atoms with Gasteiger partial charge in [-0.25, -0.2) is 4.79 Å². The van der Waals surface area contributed by atoms with E-state index < -0.39 is 34.3 Å². The normalized spacial score (nSPS) is 36.8. The van der Waals surface area contributed by atoms with Crippen molar-refractivity contribution in [1.82, 2.24) is 4.98 Å². The third kappa shape index (κ3) is 4.01. The number of hydrogen-bond donors (Lipinski definition) is 2. The Bertz CT molecular complexity index is 1020. The topological polar surface area (TPSA) is 132 Å². The number of carbonyl (C=O) groups excluding carboxylic acids is 1. The lowest BCUT2D eigenvalue weighted by molar-refractivity contribution is -0.390. The van der Waals surface area contributed by atoms with E-state index in [1.54, 1.807) is 0 Å². The number of esters is 1. The second kappa shape index (κ2) is 9.11. The van der Waals surface area contributed by atoms with Crippen molar-refractivity contribution < 1.29 is 29.4 Å². The van der Waals surface area contributed by atoms with Crippen molar-refractivity contribution in [3.8, 4) is 5.75 Å². The van der Waals surface area contributed by atoms with Crippen molar-refractivity contribution in [1.29, 1.82) is 0 Å². The van der Waals surface area contributed by atoms with Gasteiger partial charge in [-0.3, -0.25) is 0 Å². The molecule has 2 N–H and O–H groups in total. The van der Waals surface area contributed by atoms with Gasteiger partial charge in [0.05, 0.1) is 18.3 Å². The Hall–Kier alpha value is -2.78. The molecule has 1 saturated heterocycles. The monoisotopic (exact) mass is 472 g/mol. The SMILES string of the molecule is C=C1CC[C@@H]2[C@](C)(CO)[C@H](O)CC[C@@]2(C)[C@@H]1C/C=C1/C(=O)OC[C@H]1Oc1cccnc1[N+](=O)[O-]. The molecule has 0 unspecified atom stereocenters. The molecule has 1 aromatic rings.